The quantitative estimate of drug-likeness (QED) is 0.345. The number of amides is 2. The van der Waals surface area contributed by atoms with Crippen LogP contribution >= 0.6 is 22.6 Å². The van der Waals surface area contributed by atoms with Gasteiger partial charge in [-0.1, -0.05) is 22.6 Å². The van der Waals surface area contributed by atoms with Gasteiger partial charge in [0.15, 0.2) is 0 Å². The number of piperidine rings is 1. The van der Waals surface area contributed by atoms with Crippen molar-refractivity contribution in [3.8, 4) is 0 Å². The first-order valence-corrected chi connectivity index (χ1v) is 6.21. The number of methoxy groups -OCH3 is 1. The van der Waals surface area contributed by atoms with E-state index >= 15 is 0 Å². The van der Waals surface area contributed by atoms with Gasteiger partial charge < -0.3 is 15.2 Å². The Bertz CT molecular complexity index is 274. The van der Waals surface area contributed by atoms with Crippen LogP contribution in [0.3, 0.4) is 0 Å². The minimum absolute atomic E-state index is 0.0615. The first kappa shape index (κ1) is 13.5. The molecule has 1 saturated heterocycles. The second-order valence-corrected chi connectivity index (χ2v) is 5.04. The van der Waals surface area contributed by atoms with E-state index in [9.17, 15) is 9.59 Å². The molecule has 1 aliphatic rings. The highest BCUT2D eigenvalue weighted by atomic mass is 127. The molecule has 6 nitrogen and oxygen atoms in total. The van der Waals surface area contributed by atoms with Crippen LogP contribution in [0.2, 0.25) is 0 Å². The molecule has 7 heteroatoms. The summed E-state index contributed by atoms with van der Waals surface area (Å²) in [5.41, 5.74) is 0. The SMILES string of the molecule is COCNC(=O)C1CCN(C(=O)O)C(I)C1. The van der Waals surface area contributed by atoms with Crippen LogP contribution in [-0.2, 0) is 9.53 Å². The van der Waals surface area contributed by atoms with Crippen LogP contribution in [0.4, 0.5) is 4.79 Å². The lowest BCUT2D eigenvalue weighted by Gasteiger charge is -2.33. The van der Waals surface area contributed by atoms with Gasteiger partial charge in [-0.15, -0.1) is 0 Å². The normalized spacial score (nSPS) is 25.2. The van der Waals surface area contributed by atoms with Crippen molar-refractivity contribution in [1.82, 2.24) is 10.2 Å². The molecule has 2 unspecified atom stereocenters. The number of ether oxygens (including phenoxy) is 1. The van der Waals surface area contributed by atoms with Crippen molar-refractivity contribution in [3.63, 3.8) is 0 Å². The lowest BCUT2D eigenvalue weighted by atomic mass is 9.96. The van der Waals surface area contributed by atoms with Crippen LogP contribution in [0.5, 0.6) is 0 Å². The number of nitrogens with one attached hydrogen (secondary N) is 1. The van der Waals surface area contributed by atoms with Crippen molar-refractivity contribution < 1.29 is 19.4 Å². The van der Waals surface area contributed by atoms with Gasteiger partial charge in [0.25, 0.3) is 0 Å². The van der Waals surface area contributed by atoms with Gasteiger partial charge in [0.05, 0.1) is 4.05 Å². The molecule has 0 radical (unpaired) electrons. The highest BCUT2D eigenvalue weighted by molar-refractivity contribution is 14.1. The van der Waals surface area contributed by atoms with E-state index in [1.54, 1.807) is 0 Å². The molecule has 0 aromatic carbocycles. The molecule has 0 aromatic rings. The Hall–Kier alpha value is -0.570. The lowest BCUT2D eigenvalue weighted by Crippen LogP contribution is -2.46. The number of nitrogens with zero attached hydrogens (tertiary/aromatic N) is 1. The maximum Gasteiger partial charge on any atom is 0.408 e. The second kappa shape index (κ2) is 6.24. The Balaban J connectivity index is 2.44. The molecular weight excluding hydrogens is 327 g/mol. The average molecular weight is 342 g/mol. The minimum atomic E-state index is -0.921. The van der Waals surface area contributed by atoms with Crippen molar-refractivity contribution in [2.75, 3.05) is 20.4 Å². The predicted molar refractivity (Wildman–Crippen MR) is 65.3 cm³/mol. The highest BCUT2D eigenvalue weighted by Gasteiger charge is 2.32. The summed E-state index contributed by atoms with van der Waals surface area (Å²) < 4.78 is 4.61. The number of likely N-dealkylation sites (tertiary alicyclic amines) is 1. The smallest absolute Gasteiger partial charge is 0.408 e. The number of carbonyl (C=O) groups is 2. The summed E-state index contributed by atoms with van der Waals surface area (Å²) in [6.45, 7) is 0.609. The molecule has 16 heavy (non-hydrogen) atoms. The summed E-state index contributed by atoms with van der Waals surface area (Å²) in [7, 11) is 1.51. The van der Waals surface area contributed by atoms with Gasteiger partial charge in [0, 0.05) is 19.6 Å². The maximum atomic E-state index is 11.6. The largest absolute Gasteiger partial charge is 0.465 e. The van der Waals surface area contributed by atoms with Crippen LogP contribution in [0.15, 0.2) is 0 Å². The number of alkyl halides is 1. The summed E-state index contributed by atoms with van der Waals surface area (Å²) in [4.78, 5) is 23.8. The molecule has 2 N–H and O–H groups in total. The van der Waals surface area contributed by atoms with Crippen LogP contribution < -0.4 is 5.32 Å². The zero-order chi connectivity index (χ0) is 12.1. The maximum absolute atomic E-state index is 11.6. The van der Waals surface area contributed by atoms with E-state index in [0.717, 1.165) is 0 Å². The molecule has 2 amide bonds. The van der Waals surface area contributed by atoms with Crippen LogP contribution in [0.1, 0.15) is 12.8 Å². The predicted octanol–water partition coefficient (Wildman–Crippen LogP) is 0.858. The molecule has 0 aliphatic carbocycles. The monoisotopic (exact) mass is 342 g/mol. The van der Waals surface area contributed by atoms with Gasteiger partial charge in [-0.2, -0.15) is 0 Å². The Morgan fingerprint density at radius 2 is 2.31 bits per heavy atom. The van der Waals surface area contributed by atoms with E-state index in [-0.39, 0.29) is 22.6 Å². The first-order valence-electron chi connectivity index (χ1n) is 4.96. The third-order valence-electron chi connectivity index (χ3n) is 2.54. The molecule has 0 spiro atoms. The van der Waals surface area contributed by atoms with E-state index in [1.807, 2.05) is 0 Å². The average Bonchev–Trinajstić information content (AvgIpc) is 2.25. The van der Waals surface area contributed by atoms with E-state index in [1.165, 1.54) is 12.0 Å². The van der Waals surface area contributed by atoms with Gasteiger partial charge in [-0.3, -0.25) is 9.69 Å². The van der Waals surface area contributed by atoms with Gasteiger partial charge in [0.2, 0.25) is 5.91 Å². The van der Waals surface area contributed by atoms with Crippen LogP contribution in [0, 0.1) is 5.92 Å². The summed E-state index contributed by atoms with van der Waals surface area (Å²) >= 11 is 2.05. The molecule has 1 rings (SSSR count). The summed E-state index contributed by atoms with van der Waals surface area (Å²) in [5, 5.41) is 11.5. The molecular formula is C9H15IN2O4. The number of carboxylic acid groups (broad SMARTS) is 1. The highest BCUT2D eigenvalue weighted by Crippen LogP contribution is 2.27. The second-order valence-electron chi connectivity index (χ2n) is 3.61. The molecule has 0 saturated carbocycles. The molecule has 0 bridgehead atoms. The number of rotatable bonds is 3. The first-order chi connectivity index (χ1) is 7.56. The minimum Gasteiger partial charge on any atom is -0.465 e. The Labute approximate surface area is 107 Å². The molecule has 0 aromatic heterocycles. The van der Waals surface area contributed by atoms with Crippen molar-refractivity contribution in [3.05, 3.63) is 0 Å². The number of hydrogen-bond acceptors (Lipinski definition) is 3. The van der Waals surface area contributed by atoms with Crippen LogP contribution in [-0.4, -0.2) is 46.4 Å². The molecule has 92 valence electrons. The van der Waals surface area contributed by atoms with E-state index in [4.69, 9.17) is 9.84 Å². The number of carbonyl (C=O) groups excluding carboxylic acids is 1. The van der Waals surface area contributed by atoms with Crippen molar-refractivity contribution in [2.45, 2.75) is 16.9 Å². The zero-order valence-electron chi connectivity index (χ0n) is 8.98. The van der Waals surface area contributed by atoms with Gasteiger partial charge in [-0.05, 0) is 12.8 Å². The van der Waals surface area contributed by atoms with E-state index in [0.29, 0.717) is 19.4 Å². The molecule has 1 aliphatic heterocycles. The van der Waals surface area contributed by atoms with Crippen molar-refractivity contribution >= 4 is 34.6 Å². The van der Waals surface area contributed by atoms with Gasteiger partial charge >= 0.3 is 6.09 Å². The fourth-order valence-corrected chi connectivity index (χ4v) is 2.79. The third-order valence-corrected chi connectivity index (χ3v) is 3.72. The standard InChI is InChI=1S/C9H15IN2O4/c1-16-5-11-8(13)6-2-3-12(9(14)15)7(10)4-6/h6-7H,2-5H2,1H3,(H,11,13)(H,14,15). The topological polar surface area (TPSA) is 78.9 Å². The molecule has 1 heterocycles. The third kappa shape index (κ3) is 3.48. The lowest BCUT2D eigenvalue weighted by molar-refractivity contribution is -0.127. The van der Waals surface area contributed by atoms with Crippen LogP contribution in [0.25, 0.3) is 0 Å². The summed E-state index contributed by atoms with van der Waals surface area (Å²) in [5.74, 6) is -0.179. The fraction of sp³-hybridized carbons (Fsp3) is 0.778. The van der Waals surface area contributed by atoms with Crippen molar-refractivity contribution in [1.29, 1.82) is 0 Å². The van der Waals surface area contributed by atoms with Crippen molar-refractivity contribution in [2.24, 2.45) is 5.92 Å². The van der Waals surface area contributed by atoms with E-state index < -0.39 is 6.09 Å². The van der Waals surface area contributed by atoms with Gasteiger partial charge in [-0.25, -0.2) is 4.79 Å². The Kier molecular flexibility index (Phi) is 5.26. The Morgan fingerprint density at radius 1 is 1.62 bits per heavy atom. The fourth-order valence-electron chi connectivity index (χ4n) is 1.66. The number of halogens is 1. The van der Waals surface area contributed by atoms with Gasteiger partial charge in [0.1, 0.15) is 6.73 Å². The number of hydrogen-bond donors (Lipinski definition) is 2. The molecule has 1 fully saturated rings. The summed E-state index contributed by atoms with van der Waals surface area (Å²) in [6, 6.07) is 0. The molecule has 2 atom stereocenters. The zero-order valence-corrected chi connectivity index (χ0v) is 11.1. The Morgan fingerprint density at radius 3 is 2.81 bits per heavy atom. The summed E-state index contributed by atoms with van der Waals surface area (Å²) in [6.07, 6.45) is 0.208. The van der Waals surface area contributed by atoms with E-state index in [2.05, 4.69) is 27.9 Å².